The number of hydrogen-bond acceptors (Lipinski definition) is 11. The topological polar surface area (TPSA) is 109 Å². The normalized spacial score (nSPS) is 11.5. The number of esters is 1. The molecule has 11 heteroatoms. The molecule has 0 spiro atoms. The first-order chi connectivity index (χ1) is 28.3. The zero-order chi connectivity index (χ0) is 41.1. The highest BCUT2D eigenvalue weighted by molar-refractivity contribution is 5.69. The molecule has 0 fully saturated rings. The zero-order valence-corrected chi connectivity index (χ0v) is 37.4. The van der Waals surface area contributed by atoms with Crippen LogP contribution in [-0.2, 0) is 52.2 Å². The number of rotatable bonds is 52. The smallest absolute Gasteiger partial charge is 0.305 e. The molecule has 0 bridgehead atoms. The van der Waals surface area contributed by atoms with Gasteiger partial charge in [0.05, 0.1) is 112 Å². The van der Waals surface area contributed by atoms with Crippen LogP contribution >= 0.6 is 0 Å². The van der Waals surface area contributed by atoms with Crippen LogP contribution in [0.1, 0.15) is 168 Å². The highest BCUT2D eigenvalue weighted by Gasteiger charge is 2.03. The summed E-state index contributed by atoms with van der Waals surface area (Å²) < 4.78 is 55.1. The molecule has 0 aliphatic carbocycles. The Kier molecular flexibility index (Phi) is 52.3. The first kappa shape index (κ1) is 56.1. The van der Waals surface area contributed by atoms with Crippen LogP contribution in [0.2, 0.25) is 0 Å². The highest BCUT2D eigenvalue weighted by atomic mass is 16.6. The Balaban J connectivity index is 3.10. The molecule has 0 rings (SSSR count). The average molecular weight is 821 g/mol. The summed E-state index contributed by atoms with van der Waals surface area (Å²) in [5, 5.41) is 0. The Morgan fingerprint density at radius 3 is 0.737 bits per heavy atom. The lowest BCUT2D eigenvalue weighted by atomic mass is 10.0. The largest absolute Gasteiger partial charge is 0.463 e. The standard InChI is InChI=1S/C46H92O11/c1-3-5-7-9-11-13-14-15-16-17-19-21-23-25-27-48-28-29-49-30-31-50-32-33-51-34-35-52-36-37-53-38-39-54-40-41-55-42-43-56-44-45-57-46(47)26-24-22-20-18-12-10-8-6-4-2/h3-45H2,1-2H3. The molecule has 57 heavy (non-hydrogen) atoms. The molecule has 342 valence electrons. The Bertz CT molecular complexity index is 730. The van der Waals surface area contributed by atoms with Crippen molar-refractivity contribution < 1.29 is 52.2 Å². The Hall–Kier alpha value is -0.890. The first-order valence-corrected chi connectivity index (χ1v) is 23.7. The second-order valence-corrected chi connectivity index (χ2v) is 14.9. The van der Waals surface area contributed by atoms with Gasteiger partial charge in [-0.1, -0.05) is 149 Å². The third-order valence-electron chi connectivity index (χ3n) is 9.59. The summed E-state index contributed by atoms with van der Waals surface area (Å²) >= 11 is 0. The quantitative estimate of drug-likeness (QED) is 0.0432. The molecule has 0 amide bonds. The van der Waals surface area contributed by atoms with Gasteiger partial charge in [-0.05, 0) is 12.8 Å². The van der Waals surface area contributed by atoms with Crippen molar-refractivity contribution in [3.05, 3.63) is 0 Å². The van der Waals surface area contributed by atoms with E-state index >= 15 is 0 Å². The van der Waals surface area contributed by atoms with Crippen molar-refractivity contribution in [1.29, 1.82) is 0 Å². The van der Waals surface area contributed by atoms with Crippen molar-refractivity contribution in [2.45, 2.75) is 168 Å². The van der Waals surface area contributed by atoms with Gasteiger partial charge in [0.2, 0.25) is 0 Å². The van der Waals surface area contributed by atoms with E-state index < -0.39 is 0 Å². The van der Waals surface area contributed by atoms with E-state index in [0.29, 0.717) is 125 Å². The van der Waals surface area contributed by atoms with Gasteiger partial charge in [-0.3, -0.25) is 4.79 Å². The molecule has 0 aromatic rings. The summed E-state index contributed by atoms with van der Waals surface area (Å²) in [7, 11) is 0. The van der Waals surface area contributed by atoms with E-state index in [1.807, 2.05) is 0 Å². The SMILES string of the molecule is CCCCCCCCCCCCCCCCOCCOCCOCCOCCOCCOCCOCCOCCOCCOC(=O)CCCCCCCCCCC. The monoisotopic (exact) mass is 821 g/mol. The molecule has 0 aliphatic rings. The number of ether oxygens (including phenoxy) is 10. The number of carbonyl (C=O) groups is 1. The van der Waals surface area contributed by atoms with Crippen molar-refractivity contribution in [3.8, 4) is 0 Å². The summed E-state index contributed by atoms with van der Waals surface area (Å²) in [5.41, 5.74) is 0. The fraction of sp³-hybridized carbons (Fsp3) is 0.978. The molecular weight excluding hydrogens is 728 g/mol. The average Bonchev–Trinajstić information content (AvgIpc) is 3.22. The predicted octanol–water partition coefficient (Wildman–Crippen LogP) is 10.1. The summed E-state index contributed by atoms with van der Waals surface area (Å²) in [6, 6.07) is 0. The van der Waals surface area contributed by atoms with Crippen LogP contribution in [0.15, 0.2) is 0 Å². The molecule has 0 heterocycles. The third kappa shape index (κ3) is 53.1. The van der Waals surface area contributed by atoms with E-state index in [4.69, 9.17) is 47.4 Å². The minimum absolute atomic E-state index is 0.131. The molecule has 0 saturated heterocycles. The second kappa shape index (κ2) is 53.1. The van der Waals surface area contributed by atoms with Crippen LogP contribution in [0.4, 0.5) is 0 Å². The van der Waals surface area contributed by atoms with Gasteiger partial charge < -0.3 is 47.4 Å². The minimum Gasteiger partial charge on any atom is -0.463 e. The van der Waals surface area contributed by atoms with Gasteiger partial charge in [0.1, 0.15) is 6.61 Å². The van der Waals surface area contributed by atoms with E-state index in [9.17, 15) is 4.79 Å². The van der Waals surface area contributed by atoms with E-state index in [0.717, 1.165) is 25.9 Å². The maximum Gasteiger partial charge on any atom is 0.305 e. The number of hydrogen-bond donors (Lipinski definition) is 0. The third-order valence-corrected chi connectivity index (χ3v) is 9.59. The summed E-state index contributed by atoms with van der Waals surface area (Å²) in [6.07, 6.45) is 30.9. The van der Waals surface area contributed by atoms with Crippen molar-refractivity contribution >= 4 is 5.97 Å². The van der Waals surface area contributed by atoms with Crippen LogP contribution in [-0.4, -0.2) is 132 Å². The van der Waals surface area contributed by atoms with Crippen LogP contribution < -0.4 is 0 Å². The summed E-state index contributed by atoms with van der Waals surface area (Å²) in [6.45, 7) is 14.5. The van der Waals surface area contributed by atoms with Gasteiger partial charge >= 0.3 is 5.97 Å². The minimum atomic E-state index is -0.131. The van der Waals surface area contributed by atoms with Crippen molar-refractivity contribution in [1.82, 2.24) is 0 Å². The van der Waals surface area contributed by atoms with E-state index in [-0.39, 0.29) is 5.97 Å². The van der Waals surface area contributed by atoms with Crippen molar-refractivity contribution in [2.75, 3.05) is 126 Å². The van der Waals surface area contributed by atoms with Crippen LogP contribution in [0.3, 0.4) is 0 Å². The molecule has 0 radical (unpaired) electrons. The number of carbonyl (C=O) groups excluding carboxylic acids is 1. The Morgan fingerprint density at radius 2 is 0.456 bits per heavy atom. The summed E-state index contributed by atoms with van der Waals surface area (Å²) in [4.78, 5) is 11.8. The molecular formula is C46H92O11. The second-order valence-electron chi connectivity index (χ2n) is 14.9. The van der Waals surface area contributed by atoms with E-state index in [1.54, 1.807) is 0 Å². The molecule has 0 aromatic heterocycles. The Labute approximate surface area is 350 Å². The Morgan fingerprint density at radius 1 is 0.246 bits per heavy atom. The molecule has 11 nitrogen and oxygen atoms in total. The van der Waals surface area contributed by atoms with E-state index in [1.165, 1.54) is 128 Å². The first-order valence-electron chi connectivity index (χ1n) is 23.7. The lowest BCUT2D eigenvalue weighted by molar-refractivity contribution is -0.145. The van der Waals surface area contributed by atoms with Gasteiger partial charge in [-0.15, -0.1) is 0 Å². The van der Waals surface area contributed by atoms with Crippen LogP contribution in [0.25, 0.3) is 0 Å². The number of unbranched alkanes of at least 4 members (excludes halogenated alkanes) is 21. The molecule has 0 saturated carbocycles. The lowest BCUT2D eigenvalue weighted by Crippen LogP contribution is -2.15. The predicted molar refractivity (Wildman–Crippen MR) is 230 cm³/mol. The van der Waals surface area contributed by atoms with Gasteiger partial charge in [0.15, 0.2) is 0 Å². The fourth-order valence-electron chi connectivity index (χ4n) is 6.13. The van der Waals surface area contributed by atoms with Gasteiger partial charge in [0, 0.05) is 13.0 Å². The van der Waals surface area contributed by atoms with Gasteiger partial charge in [-0.25, -0.2) is 0 Å². The molecule has 0 unspecified atom stereocenters. The zero-order valence-electron chi connectivity index (χ0n) is 37.4. The fourth-order valence-corrected chi connectivity index (χ4v) is 6.13. The van der Waals surface area contributed by atoms with E-state index in [2.05, 4.69) is 13.8 Å². The van der Waals surface area contributed by atoms with Crippen LogP contribution in [0, 0.1) is 0 Å². The maximum absolute atomic E-state index is 11.8. The van der Waals surface area contributed by atoms with Crippen molar-refractivity contribution in [3.63, 3.8) is 0 Å². The lowest BCUT2D eigenvalue weighted by Gasteiger charge is -2.09. The van der Waals surface area contributed by atoms with Crippen molar-refractivity contribution in [2.24, 2.45) is 0 Å². The molecule has 0 atom stereocenters. The van der Waals surface area contributed by atoms with Gasteiger partial charge in [0.25, 0.3) is 0 Å². The molecule has 0 aliphatic heterocycles. The molecule has 0 aromatic carbocycles. The maximum atomic E-state index is 11.8. The van der Waals surface area contributed by atoms with Gasteiger partial charge in [-0.2, -0.15) is 0 Å². The molecule has 0 N–H and O–H groups in total. The highest BCUT2D eigenvalue weighted by Crippen LogP contribution is 2.13. The van der Waals surface area contributed by atoms with Crippen LogP contribution in [0.5, 0.6) is 0 Å². The summed E-state index contributed by atoms with van der Waals surface area (Å²) in [5.74, 6) is -0.131.